The number of aryl methyl sites for hydroxylation is 1. The maximum atomic E-state index is 13.1. The van der Waals surface area contributed by atoms with Gasteiger partial charge in [-0.3, -0.25) is 9.59 Å². The Balaban J connectivity index is 1.59. The van der Waals surface area contributed by atoms with E-state index in [0.717, 1.165) is 36.2 Å². The number of carbonyl (C=O) groups excluding carboxylic acids is 2. The van der Waals surface area contributed by atoms with Gasteiger partial charge in [0, 0.05) is 17.8 Å². The highest BCUT2D eigenvalue weighted by atomic mass is 16.5. The Morgan fingerprint density at radius 2 is 1.70 bits per heavy atom. The van der Waals surface area contributed by atoms with Crippen molar-refractivity contribution in [3.63, 3.8) is 0 Å². The van der Waals surface area contributed by atoms with E-state index in [4.69, 9.17) is 4.74 Å². The lowest BCUT2D eigenvalue weighted by Gasteiger charge is -2.10. The van der Waals surface area contributed by atoms with E-state index >= 15 is 0 Å². The summed E-state index contributed by atoms with van der Waals surface area (Å²) < 4.78 is 7.65. The number of rotatable bonds is 12. The van der Waals surface area contributed by atoms with Crippen LogP contribution in [0.15, 0.2) is 36.4 Å². The van der Waals surface area contributed by atoms with Crippen LogP contribution < -0.4 is 0 Å². The van der Waals surface area contributed by atoms with Gasteiger partial charge in [0.25, 0.3) is 0 Å². The molecule has 30 heavy (non-hydrogen) atoms. The second kappa shape index (κ2) is 11.1. The number of fused-ring (bicyclic) bond motifs is 1. The third kappa shape index (κ3) is 5.21. The first-order valence-corrected chi connectivity index (χ1v) is 11.7. The first-order valence-electron chi connectivity index (χ1n) is 11.7. The van der Waals surface area contributed by atoms with Gasteiger partial charge in [-0.1, -0.05) is 82.7 Å². The van der Waals surface area contributed by atoms with Gasteiger partial charge >= 0.3 is 5.97 Å². The van der Waals surface area contributed by atoms with Crippen LogP contribution in [0.4, 0.5) is 0 Å². The van der Waals surface area contributed by atoms with Crippen LogP contribution in [0.5, 0.6) is 0 Å². The average molecular weight is 410 g/mol. The predicted octanol–water partition coefficient (Wildman–Crippen LogP) is 6.06. The SMILES string of the molecule is CCCCCCCCCOC(=O)C1CCn2c1cc(CC)c2C(=O)c1ccccc1. The molecule has 1 aromatic carbocycles. The maximum absolute atomic E-state index is 13.1. The Kier molecular flexibility index (Phi) is 8.30. The quantitative estimate of drug-likeness (QED) is 0.243. The number of aromatic nitrogens is 1. The summed E-state index contributed by atoms with van der Waals surface area (Å²) in [5.41, 5.74) is 3.39. The van der Waals surface area contributed by atoms with Crippen LogP contribution in [-0.4, -0.2) is 22.9 Å². The molecule has 2 heterocycles. The minimum atomic E-state index is -0.253. The van der Waals surface area contributed by atoms with E-state index in [1.807, 2.05) is 41.0 Å². The van der Waals surface area contributed by atoms with Gasteiger partial charge in [-0.05, 0) is 30.9 Å². The van der Waals surface area contributed by atoms with E-state index in [0.29, 0.717) is 25.1 Å². The van der Waals surface area contributed by atoms with E-state index in [-0.39, 0.29) is 17.7 Å². The molecule has 1 aliphatic heterocycles. The summed E-state index contributed by atoms with van der Waals surface area (Å²) in [6, 6.07) is 11.4. The number of carbonyl (C=O) groups is 2. The number of ether oxygens (including phenoxy) is 1. The third-order valence-corrected chi connectivity index (χ3v) is 6.11. The third-order valence-electron chi connectivity index (χ3n) is 6.11. The van der Waals surface area contributed by atoms with Crippen LogP contribution in [0.3, 0.4) is 0 Å². The van der Waals surface area contributed by atoms with E-state index in [9.17, 15) is 9.59 Å². The van der Waals surface area contributed by atoms with Gasteiger partial charge in [0.05, 0.1) is 18.2 Å². The molecule has 4 heteroatoms. The van der Waals surface area contributed by atoms with Gasteiger partial charge in [0.15, 0.2) is 0 Å². The Morgan fingerprint density at radius 1 is 1.00 bits per heavy atom. The Labute approximate surface area is 180 Å². The topological polar surface area (TPSA) is 48.3 Å². The molecule has 1 aromatic heterocycles. The van der Waals surface area contributed by atoms with Crippen LogP contribution in [-0.2, 0) is 22.5 Å². The Hall–Kier alpha value is -2.36. The summed E-state index contributed by atoms with van der Waals surface area (Å²) in [7, 11) is 0. The van der Waals surface area contributed by atoms with Crippen molar-refractivity contribution in [3.05, 3.63) is 58.9 Å². The number of unbranched alkanes of at least 4 members (excludes halogenated alkanes) is 6. The molecule has 2 aromatic rings. The number of hydrogen-bond donors (Lipinski definition) is 0. The molecule has 0 amide bonds. The standard InChI is InChI=1S/C26H35NO3/c1-3-5-6-7-8-9-13-18-30-26(29)22-16-17-27-23(22)19-20(4-2)24(27)25(28)21-14-11-10-12-15-21/h10-12,14-15,19,22H,3-9,13,16-18H2,1-2H3. The van der Waals surface area contributed by atoms with Crippen molar-refractivity contribution in [1.29, 1.82) is 0 Å². The highest BCUT2D eigenvalue weighted by Crippen LogP contribution is 2.35. The summed E-state index contributed by atoms with van der Waals surface area (Å²) in [6.45, 7) is 5.48. The number of hydrogen-bond acceptors (Lipinski definition) is 3. The van der Waals surface area contributed by atoms with Gasteiger partial charge in [-0.15, -0.1) is 0 Å². The van der Waals surface area contributed by atoms with Crippen molar-refractivity contribution in [2.45, 2.75) is 84.1 Å². The molecule has 0 spiro atoms. The number of benzene rings is 1. The van der Waals surface area contributed by atoms with Gasteiger partial charge < -0.3 is 9.30 Å². The molecule has 0 N–H and O–H groups in total. The lowest BCUT2D eigenvalue weighted by molar-refractivity contribution is -0.145. The fraction of sp³-hybridized carbons (Fsp3) is 0.538. The van der Waals surface area contributed by atoms with E-state index in [1.54, 1.807) is 0 Å². The van der Waals surface area contributed by atoms with Crippen LogP contribution in [0.25, 0.3) is 0 Å². The molecule has 1 unspecified atom stereocenters. The summed E-state index contributed by atoms with van der Waals surface area (Å²) in [5.74, 6) is -0.355. The molecular formula is C26H35NO3. The molecule has 0 bridgehead atoms. The van der Waals surface area contributed by atoms with Crippen molar-refractivity contribution in [3.8, 4) is 0 Å². The van der Waals surface area contributed by atoms with E-state index in [1.165, 1.54) is 32.1 Å². The molecule has 0 fully saturated rings. The summed E-state index contributed by atoms with van der Waals surface area (Å²) in [6.07, 6.45) is 9.91. The van der Waals surface area contributed by atoms with Crippen LogP contribution in [0, 0.1) is 0 Å². The van der Waals surface area contributed by atoms with Crippen LogP contribution in [0.2, 0.25) is 0 Å². The molecule has 3 rings (SSSR count). The normalized spacial score (nSPS) is 15.2. The molecule has 0 aliphatic carbocycles. The zero-order valence-corrected chi connectivity index (χ0v) is 18.5. The second-order valence-electron chi connectivity index (χ2n) is 8.27. The predicted molar refractivity (Wildman–Crippen MR) is 120 cm³/mol. The fourth-order valence-electron chi connectivity index (χ4n) is 4.40. The fourth-order valence-corrected chi connectivity index (χ4v) is 4.40. The first-order chi connectivity index (χ1) is 14.7. The zero-order chi connectivity index (χ0) is 21.3. The Morgan fingerprint density at radius 3 is 2.40 bits per heavy atom. The first kappa shape index (κ1) is 22.3. The molecule has 0 radical (unpaired) electrons. The van der Waals surface area contributed by atoms with Crippen molar-refractivity contribution in [1.82, 2.24) is 4.57 Å². The monoisotopic (exact) mass is 409 g/mol. The number of ketones is 1. The molecule has 0 saturated heterocycles. The highest BCUT2D eigenvalue weighted by Gasteiger charge is 2.34. The smallest absolute Gasteiger partial charge is 0.315 e. The molecule has 162 valence electrons. The van der Waals surface area contributed by atoms with Crippen molar-refractivity contribution in [2.75, 3.05) is 6.61 Å². The van der Waals surface area contributed by atoms with Crippen LogP contribution in [0.1, 0.15) is 98.4 Å². The zero-order valence-electron chi connectivity index (χ0n) is 18.5. The molecule has 1 aliphatic rings. The highest BCUT2D eigenvalue weighted by molar-refractivity contribution is 6.09. The largest absolute Gasteiger partial charge is 0.465 e. The molecule has 0 saturated carbocycles. The molecular weight excluding hydrogens is 374 g/mol. The molecule has 1 atom stereocenters. The van der Waals surface area contributed by atoms with Crippen molar-refractivity contribution < 1.29 is 14.3 Å². The van der Waals surface area contributed by atoms with Crippen LogP contribution >= 0.6 is 0 Å². The number of nitrogens with zero attached hydrogens (tertiary/aromatic N) is 1. The minimum Gasteiger partial charge on any atom is -0.465 e. The van der Waals surface area contributed by atoms with E-state index in [2.05, 4.69) is 13.8 Å². The van der Waals surface area contributed by atoms with Gasteiger partial charge in [-0.2, -0.15) is 0 Å². The average Bonchev–Trinajstić information content (AvgIpc) is 3.34. The lowest BCUT2D eigenvalue weighted by atomic mass is 10.0. The number of esters is 1. The van der Waals surface area contributed by atoms with Gasteiger partial charge in [-0.25, -0.2) is 0 Å². The lowest BCUT2D eigenvalue weighted by Crippen LogP contribution is -2.14. The summed E-state index contributed by atoms with van der Waals surface area (Å²) in [5, 5.41) is 0. The second-order valence-corrected chi connectivity index (χ2v) is 8.27. The van der Waals surface area contributed by atoms with E-state index < -0.39 is 0 Å². The van der Waals surface area contributed by atoms with Gasteiger partial charge in [0.1, 0.15) is 0 Å². The van der Waals surface area contributed by atoms with Crippen molar-refractivity contribution in [2.24, 2.45) is 0 Å². The van der Waals surface area contributed by atoms with Crippen molar-refractivity contribution >= 4 is 11.8 Å². The maximum Gasteiger partial charge on any atom is 0.315 e. The van der Waals surface area contributed by atoms with Gasteiger partial charge in [0.2, 0.25) is 5.78 Å². The summed E-state index contributed by atoms with van der Waals surface area (Å²) >= 11 is 0. The Bertz CT molecular complexity index is 837. The summed E-state index contributed by atoms with van der Waals surface area (Å²) in [4.78, 5) is 25.8. The minimum absolute atomic E-state index is 0.0378. The molecule has 4 nitrogen and oxygen atoms in total.